The molecular formula is C14H16BrNO3. The van der Waals surface area contributed by atoms with Crippen molar-refractivity contribution in [2.45, 2.75) is 32.6 Å². The van der Waals surface area contributed by atoms with Crippen LogP contribution in [-0.2, 0) is 16.0 Å². The Morgan fingerprint density at radius 2 is 2.21 bits per heavy atom. The van der Waals surface area contributed by atoms with Gasteiger partial charge in [-0.1, -0.05) is 29.3 Å². The van der Waals surface area contributed by atoms with E-state index in [1.54, 1.807) is 6.07 Å². The van der Waals surface area contributed by atoms with E-state index in [1.807, 2.05) is 19.1 Å². The summed E-state index contributed by atoms with van der Waals surface area (Å²) in [6, 6.07) is 5.54. The van der Waals surface area contributed by atoms with Gasteiger partial charge in [0.1, 0.15) is 0 Å². The fourth-order valence-corrected chi connectivity index (χ4v) is 2.44. The Balaban J connectivity index is 2.20. The minimum Gasteiger partial charge on any atom is -0.449 e. The molecule has 2 amide bonds. The van der Waals surface area contributed by atoms with Gasteiger partial charge < -0.3 is 4.74 Å². The molecule has 0 aliphatic carbocycles. The molecule has 102 valence electrons. The number of aryl methyl sites for hydroxylation is 1. The number of amides is 2. The molecule has 0 radical (unpaired) electrons. The molecule has 0 bridgehead atoms. The van der Waals surface area contributed by atoms with Gasteiger partial charge >= 0.3 is 6.09 Å². The summed E-state index contributed by atoms with van der Waals surface area (Å²) in [5.41, 5.74) is 1.63. The molecule has 1 aliphatic rings. The average Bonchev–Trinajstić information content (AvgIpc) is 2.39. The number of halogens is 1. The number of carbonyl (C=O) groups is 2. The van der Waals surface area contributed by atoms with Crippen LogP contribution in [0.5, 0.6) is 0 Å². The normalized spacial score (nSPS) is 14.2. The zero-order chi connectivity index (χ0) is 13.8. The topological polar surface area (TPSA) is 46.6 Å². The monoisotopic (exact) mass is 325 g/mol. The van der Waals surface area contributed by atoms with Crippen molar-refractivity contribution in [1.29, 1.82) is 0 Å². The Bertz CT molecular complexity index is 501. The van der Waals surface area contributed by atoms with E-state index in [9.17, 15) is 9.59 Å². The molecule has 1 heterocycles. The van der Waals surface area contributed by atoms with Gasteiger partial charge in [-0.2, -0.15) is 0 Å². The molecule has 0 spiro atoms. The first-order valence-electron chi connectivity index (χ1n) is 6.41. The Kier molecular flexibility index (Phi) is 4.58. The molecule has 19 heavy (non-hydrogen) atoms. The number of hydrogen-bond donors (Lipinski definition) is 0. The summed E-state index contributed by atoms with van der Waals surface area (Å²) >= 11 is 3.39. The van der Waals surface area contributed by atoms with Crippen molar-refractivity contribution in [3.63, 3.8) is 0 Å². The predicted molar refractivity (Wildman–Crippen MR) is 76.2 cm³/mol. The molecule has 1 aromatic rings. The number of hydrogen-bond acceptors (Lipinski definition) is 3. The van der Waals surface area contributed by atoms with E-state index >= 15 is 0 Å². The van der Waals surface area contributed by atoms with Gasteiger partial charge in [-0.15, -0.1) is 0 Å². The molecule has 0 atom stereocenters. The third kappa shape index (κ3) is 3.15. The SMILES string of the molecule is CCCCOC(=O)N1C(=O)CCc2cc(Br)ccc21. The Labute approximate surface area is 120 Å². The summed E-state index contributed by atoms with van der Waals surface area (Å²) in [6.07, 6.45) is 2.19. The lowest BCUT2D eigenvalue weighted by Gasteiger charge is -2.27. The zero-order valence-corrected chi connectivity index (χ0v) is 12.4. The van der Waals surface area contributed by atoms with Crippen LogP contribution in [0, 0.1) is 0 Å². The highest BCUT2D eigenvalue weighted by Gasteiger charge is 2.30. The maximum absolute atomic E-state index is 12.0. The molecule has 0 saturated carbocycles. The summed E-state index contributed by atoms with van der Waals surface area (Å²) in [5.74, 6) is -0.198. The van der Waals surface area contributed by atoms with Crippen LogP contribution in [0.3, 0.4) is 0 Å². The van der Waals surface area contributed by atoms with Crippen molar-refractivity contribution < 1.29 is 14.3 Å². The van der Waals surface area contributed by atoms with E-state index in [-0.39, 0.29) is 5.91 Å². The van der Waals surface area contributed by atoms with E-state index in [1.165, 1.54) is 0 Å². The number of rotatable bonds is 3. The van der Waals surface area contributed by atoms with Crippen LogP contribution in [0.25, 0.3) is 0 Å². The molecule has 4 nitrogen and oxygen atoms in total. The van der Waals surface area contributed by atoms with Crippen LogP contribution in [-0.4, -0.2) is 18.6 Å². The third-order valence-corrected chi connectivity index (χ3v) is 3.54. The fraction of sp³-hybridized carbons (Fsp3) is 0.429. The third-order valence-electron chi connectivity index (χ3n) is 3.05. The van der Waals surface area contributed by atoms with Crippen molar-refractivity contribution in [2.24, 2.45) is 0 Å². The van der Waals surface area contributed by atoms with Crippen molar-refractivity contribution >= 4 is 33.6 Å². The van der Waals surface area contributed by atoms with Gasteiger partial charge in [0.15, 0.2) is 0 Å². The number of anilines is 1. The molecular weight excluding hydrogens is 310 g/mol. The highest BCUT2D eigenvalue weighted by molar-refractivity contribution is 9.10. The van der Waals surface area contributed by atoms with Crippen molar-refractivity contribution in [1.82, 2.24) is 0 Å². The average molecular weight is 326 g/mol. The van der Waals surface area contributed by atoms with Crippen LogP contribution in [0.2, 0.25) is 0 Å². The van der Waals surface area contributed by atoms with Crippen molar-refractivity contribution in [2.75, 3.05) is 11.5 Å². The molecule has 2 rings (SSSR count). The molecule has 1 aliphatic heterocycles. The van der Waals surface area contributed by atoms with Gasteiger partial charge in [-0.25, -0.2) is 9.69 Å². The predicted octanol–water partition coefficient (Wildman–Crippen LogP) is 3.67. The second kappa shape index (κ2) is 6.19. The van der Waals surface area contributed by atoms with Gasteiger partial charge in [0, 0.05) is 10.9 Å². The first-order chi connectivity index (χ1) is 9.13. The number of carbonyl (C=O) groups excluding carboxylic acids is 2. The summed E-state index contributed by atoms with van der Waals surface area (Å²) in [7, 11) is 0. The lowest BCUT2D eigenvalue weighted by Crippen LogP contribution is -2.40. The smallest absolute Gasteiger partial charge is 0.421 e. The number of ether oxygens (including phenoxy) is 1. The van der Waals surface area contributed by atoms with Gasteiger partial charge in [0.2, 0.25) is 5.91 Å². The van der Waals surface area contributed by atoms with E-state index < -0.39 is 6.09 Å². The summed E-state index contributed by atoms with van der Waals surface area (Å²) in [4.78, 5) is 25.1. The van der Waals surface area contributed by atoms with E-state index in [4.69, 9.17) is 4.74 Å². The lowest BCUT2D eigenvalue weighted by atomic mass is 10.0. The minimum atomic E-state index is -0.568. The quantitative estimate of drug-likeness (QED) is 0.796. The van der Waals surface area contributed by atoms with Crippen molar-refractivity contribution in [3.05, 3.63) is 28.2 Å². The fourth-order valence-electron chi connectivity index (χ4n) is 2.03. The van der Waals surface area contributed by atoms with Crippen LogP contribution in [0.15, 0.2) is 22.7 Å². The van der Waals surface area contributed by atoms with Gasteiger partial charge in [0.25, 0.3) is 0 Å². The zero-order valence-electron chi connectivity index (χ0n) is 10.8. The van der Waals surface area contributed by atoms with E-state index in [0.717, 1.165) is 27.8 Å². The maximum atomic E-state index is 12.0. The standard InChI is InChI=1S/C14H16BrNO3/c1-2-3-8-19-14(18)16-12-6-5-11(15)9-10(12)4-7-13(16)17/h5-6,9H,2-4,7-8H2,1H3. The number of nitrogens with zero attached hydrogens (tertiary/aromatic N) is 1. The van der Waals surface area contributed by atoms with Gasteiger partial charge in [-0.05, 0) is 36.6 Å². The number of fused-ring (bicyclic) bond motifs is 1. The minimum absolute atomic E-state index is 0.198. The van der Waals surface area contributed by atoms with Crippen LogP contribution >= 0.6 is 15.9 Å². The Hall–Kier alpha value is -1.36. The van der Waals surface area contributed by atoms with E-state index in [0.29, 0.717) is 25.1 Å². The van der Waals surface area contributed by atoms with E-state index in [2.05, 4.69) is 15.9 Å². The number of benzene rings is 1. The highest BCUT2D eigenvalue weighted by atomic mass is 79.9. The summed E-state index contributed by atoms with van der Waals surface area (Å²) in [6.45, 7) is 2.37. The van der Waals surface area contributed by atoms with Crippen LogP contribution in [0.1, 0.15) is 31.7 Å². The number of imide groups is 1. The van der Waals surface area contributed by atoms with Crippen LogP contribution < -0.4 is 4.90 Å². The van der Waals surface area contributed by atoms with Crippen LogP contribution in [0.4, 0.5) is 10.5 Å². The highest BCUT2D eigenvalue weighted by Crippen LogP contribution is 2.30. The molecule has 0 N–H and O–H groups in total. The molecule has 0 fully saturated rings. The van der Waals surface area contributed by atoms with Gasteiger partial charge in [0.05, 0.1) is 12.3 Å². The first-order valence-corrected chi connectivity index (χ1v) is 7.21. The number of unbranched alkanes of at least 4 members (excludes halogenated alkanes) is 1. The summed E-state index contributed by atoms with van der Waals surface area (Å²) in [5, 5.41) is 0. The lowest BCUT2D eigenvalue weighted by molar-refractivity contribution is -0.118. The largest absolute Gasteiger partial charge is 0.449 e. The second-order valence-electron chi connectivity index (χ2n) is 4.47. The molecule has 1 aromatic carbocycles. The molecule has 0 aromatic heterocycles. The molecule has 0 unspecified atom stereocenters. The Morgan fingerprint density at radius 1 is 1.42 bits per heavy atom. The Morgan fingerprint density at radius 3 is 2.95 bits per heavy atom. The molecule has 5 heteroatoms. The second-order valence-corrected chi connectivity index (χ2v) is 5.39. The summed E-state index contributed by atoms with van der Waals surface area (Å²) < 4.78 is 6.08. The van der Waals surface area contributed by atoms with Gasteiger partial charge in [-0.3, -0.25) is 4.79 Å². The maximum Gasteiger partial charge on any atom is 0.421 e. The first kappa shape index (κ1) is 14.1. The van der Waals surface area contributed by atoms with Crippen molar-refractivity contribution in [3.8, 4) is 0 Å². The molecule has 0 saturated heterocycles.